The van der Waals surface area contributed by atoms with Crippen LogP contribution in [0.1, 0.15) is 51.9 Å². The number of hydrogen-bond acceptors (Lipinski definition) is 5. The lowest BCUT2D eigenvalue weighted by atomic mass is 10.1. The Hall–Kier alpha value is -3.61. The van der Waals surface area contributed by atoms with Gasteiger partial charge >= 0.3 is 6.09 Å². The van der Waals surface area contributed by atoms with Crippen molar-refractivity contribution in [3.05, 3.63) is 59.9 Å². The highest BCUT2D eigenvalue weighted by molar-refractivity contribution is 6.06. The monoisotopic (exact) mass is 445 g/mol. The van der Waals surface area contributed by atoms with E-state index in [1.807, 2.05) is 63.2 Å². The molecule has 0 radical (unpaired) electrons. The Kier molecular flexibility index (Phi) is 6.22. The lowest BCUT2D eigenvalue weighted by Crippen LogP contribution is -2.27. The number of nitrogens with zero attached hydrogens (tertiary/aromatic N) is 3. The smallest absolute Gasteiger partial charge is 0.412 e. The van der Waals surface area contributed by atoms with Crippen molar-refractivity contribution in [1.29, 1.82) is 0 Å². The number of hydrogen-bond donors (Lipinski definition) is 2. The number of imidazole rings is 1. The van der Waals surface area contributed by atoms with Gasteiger partial charge in [-0.25, -0.2) is 14.8 Å². The van der Waals surface area contributed by atoms with Crippen LogP contribution in [0.15, 0.2) is 48.5 Å². The molecule has 0 saturated heterocycles. The SMILES string of the molecule is CCCCc1nc2c(N)nc3ccccc3c2n1Cc1cccc(NC(=O)OC(C)(C)C)c1. The number of nitrogens with one attached hydrogen (secondary N) is 1. The number of aromatic nitrogens is 3. The van der Waals surface area contributed by atoms with Crippen LogP contribution in [-0.4, -0.2) is 26.2 Å². The van der Waals surface area contributed by atoms with Gasteiger partial charge in [0, 0.05) is 24.0 Å². The summed E-state index contributed by atoms with van der Waals surface area (Å²) in [6.45, 7) is 8.30. The van der Waals surface area contributed by atoms with E-state index in [4.69, 9.17) is 15.5 Å². The lowest BCUT2D eigenvalue weighted by molar-refractivity contribution is 0.0636. The molecule has 7 heteroatoms. The van der Waals surface area contributed by atoms with Gasteiger partial charge in [-0.05, 0) is 51.0 Å². The Labute approximate surface area is 194 Å². The van der Waals surface area contributed by atoms with E-state index in [1.165, 1.54) is 0 Å². The van der Waals surface area contributed by atoms with E-state index < -0.39 is 11.7 Å². The predicted molar refractivity (Wildman–Crippen MR) is 133 cm³/mol. The number of anilines is 2. The molecule has 2 aromatic carbocycles. The number of para-hydroxylation sites is 1. The number of carbonyl (C=O) groups is 1. The van der Waals surface area contributed by atoms with Gasteiger partial charge in [0.15, 0.2) is 5.82 Å². The average Bonchev–Trinajstić information content (AvgIpc) is 3.10. The van der Waals surface area contributed by atoms with Gasteiger partial charge in [-0.1, -0.05) is 43.7 Å². The molecule has 0 saturated carbocycles. The fraction of sp³-hybridized carbons (Fsp3) is 0.346. The molecule has 0 atom stereocenters. The minimum absolute atomic E-state index is 0.445. The standard InChI is InChI=1S/C26H31N5O2/c1-5-6-14-21-30-22-23(19-12-7-8-13-20(19)29-24(22)27)31(21)16-17-10-9-11-18(15-17)28-25(32)33-26(2,3)4/h7-13,15H,5-6,14,16H2,1-4H3,(H2,27,29)(H,28,32). The third kappa shape index (κ3) is 5.08. The zero-order chi connectivity index (χ0) is 23.6. The molecule has 0 aliphatic carbocycles. The topological polar surface area (TPSA) is 95.1 Å². The molecule has 0 aliphatic heterocycles. The molecule has 4 rings (SSSR count). The fourth-order valence-corrected chi connectivity index (χ4v) is 3.95. The lowest BCUT2D eigenvalue weighted by Gasteiger charge is -2.20. The molecule has 2 aromatic heterocycles. The molecule has 33 heavy (non-hydrogen) atoms. The third-order valence-corrected chi connectivity index (χ3v) is 5.36. The summed E-state index contributed by atoms with van der Waals surface area (Å²) >= 11 is 0. The molecular formula is C26H31N5O2. The minimum atomic E-state index is -0.555. The Morgan fingerprint density at radius 2 is 1.91 bits per heavy atom. The van der Waals surface area contributed by atoms with Crippen molar-refractivity contribution in [1.82, 2.24) is 14.5 Å². The first-order valence-electron chi connectivity index (χ1n) is 11.4. The summed E-state index contributed by atoms with van der Waals surface area (Å²) in [5.41, 5.74) is 10.1. The average molecular weight is 446 g/mol. The zero-order valence-corrected chi connectivity index (χ0v) is 19.7. The maximum absolute atomic E-state index is 12.2. The van der Waals surface area contributed by atoms with Gasteiger partial charge < -0.3 is 15.0 Å². The number of unbranched alkanes of at least 4 members (excludes halogenated alkanes) is 1. The number of rotatable bonds is 6. The number of fused-ring (bicyclic) bond motifs is 3. The van der Waals surface area contributed by atoms with E-state index >= 15 is 0 Å². The van der Waals surface area contributed by atoms with E-state index in [1.54, 1.807) is 0 Å². The largest absolute Gasteiger partial charge is 0.444 e. The maximum Gasteiger partial charge on any atom is 0.412 e. The van der Waals surface area contributed by atoms with Crippen molar-refractivity contribution in [2.24, 2.45) is 0 Å². The van der Waals surface area contributed by atoms with Crippen LogP contribution in [-0.2, 0) is 17.7 Å². The highest BCUT2D eigenvalue weighted by atomic mass is 16.6. The van der Waals surface area contributed by atoms with Gasteiger partial charge in [0.1, 0.15) is 16.9 Å². The second-order valence-corrected chi connectivity index (χ2v) is 9.26. The molecule has 1 amide bonds. The van der Waals surface area contributed by atoms with E-state index in [0.29, 0.717) is 18.1 Å². The number of carbonyl (C=O) groups excluding carboxylic acids is 1. The van der Waals surface area contributed by atoms with Crippen LogP contribution in [0.3, 0.4) is 0 Å². The van der Waals surface area contributed by atoms with Gasteiger partial charge in [-0.2, -0.15) is 0 Å². The summed E-state index contributed by atoms with van der Waals surface area (Å²) < 4.78 is 7.62. The molecule has 0 bridgehead atoms. The summed E-state index contributed by atoms with van der Waals surface area (Å²) in [4.78, 5) is 21.7. The van der Waals surface area contributed by atoms with Crippen LogP contribution in [0.5, 0.6) is 0 Å². The van der Waals surface area contributed by atoms with Crippen molar-refractivity contribution in [3.8, 4) is 0 Å². The van der Waals surface area contributed by atoms with Crippen LogP contribution in [0, 0.1) is 0 Å². The number of aryl methyl sites for hydroxylation is 1. The molecule has 172 valence electrons. The van der Waals surface area contributed by atoms with E-state index in [2.05, 4.69) is 27.9 Å². The second kappa shape index (κ2) is 9.10. The van der Waals surface area contributed by atoms with Crippen molar-refractivity contribution >= 4 is 39.5 Å². The van der Waals surface area contributed by atoms with Gasteiger partial charge in [0.05, 0.1) is 11.0 Å². The number of nitrogen functional groups attached to an aromatic ring is 1. The summed E-state index contributed by atoms with van der Waals surface area (Å²) in [5, 5.41) is 3.86. The van der Waals surface area contributed by atoms with Gasteiger partial charge in [0.25, 0.3) is 0 Å². The number of benzene rings is 2. The van der Waals surface area contributed by atoms with Crippen molar-refractivity contribution in [2.45, 2.75) is 59.1 Å². The Bertz CT molecular complexity index is 1300. The van der Waals surface area contributed by atoms with Gasteiger partial charge in [0.2, 0.25) is 0 Å². The fourth-order valence-electron chi connectivity index (χ4n) is 3.95. The van der Waals surface area contributed by atoms with E-state index in [9.17, 15) is 4.79 Å². The highest BCUT2D eigenvalue weighted by Crippen LogP contribution is 2.30. The van der Waals surface area contributed by atoms with Crippen molar-refractivity contribution in [2.75, 3.05) is 11.1 Å². The van der Waals surface area contributed by atoms with Crippen LogP contribution in [0.2, 0.25) is 0 Å². The molecule has 7 nitrogen and oxygen atoms in total. The van der Waals surface area contributed by atoms with Crippen LogP contribution in [0.25, 0.3) is 21.9 Å². The van der Waals surface area contributed by atoms with Crippen molar-refractivity contribution < 1.29 is 9.53 Å². The Morgan fingerprint density at radius 3 is 2.67 bits per heavy atom. The summed E-state index contributed by atoms with van der Waals surface area (Å²) in [5.74, 6) is 1.43. The number of pyridine rings is 1. The first-order chi connectivity index (χ1) is 15.7. The van der Waals surface area contributed by atoms with Crippen LogP contribution in [0.4, 0.5) is 16.3 Å². The highest BCUT2D eigenvalue weighted by Gasteiger charge is 2.18. The molecule has 0 spiro atoms. The normalized spacial score (nSPS) is 11.8. The first kappa shape index (κ1) is 22.6. The quantitative estimate of drug-likeness (QED) is 0.385. The molecule has 0 aliphatic rings. The molecule has 4 aromatic rings. The molecule has 3 N–H and O–H groups in total. The van der Waals surface area contributed by atoms with Gasteiger partial charge in [-0.3, -0.25) is 5.32 Å². The second-order valence-electron chi connectivity index (χ2n) is 9.26. The summed E-state index contributed by atoms with van der Waals surface area (Å²) in [6.07, 6.45) is 2.50. The predicted octanol–water partition coefficient (Wildman–Crippen LogP) is 5.90. The zero-order valence-electron chi connectivity index (χ0n) is 19.7. The molecule has 0 unspecified atom stereocenters. The molecule has 0 fully saturated rings. The van der Waals surface area contributed by atoms with Crippen LogP contribution < -0.4 is 11.1 Å². The number of nitrogens with two attached hydrogens (primary N) is 1. The van der Waals surface area contributed by atoms with Crippen molar-refractivity contribution in [3.63, 3.8) is 0 Å². The number of ether oxygens (including phenoxy) is 1. The van der Waals surface area contributed by atoms with E-state index in [0.717, 1.165) is 52.6 Å². The summed E-state index contributed by atoms with van der Waals surface area (Å²) in [7, 11) is 0. The maximum atomic E-state index is 12.2. The van der Waals surface area contributed by atoms with Crippen LogP contribution >= 0.6 is 0 Å². The number of amides is 1. The van der Waals surface area contributed by atoms with Gasteiger partial charge in [-0.15, -0.1) is 0 Å². The molecule has 2 heterocycles. The third-order valence-electron chi connectivity index (χ3n) is 5.36. The minimum Gasteiger partial charge on any atom is -0.444 e. The Morgan fingerprint density at radius 1 is 1.12 bits per heavy atom. The molecular weight excluding hydrogens is 414 g/mol. The Balaban J connectivity index is 1.74. The van der Waals surface area contributed by atoms with E-state index in [-0.39, 0.29) is 0 Å². The summed E-state index contributed by atoms with van der Waals surface area (Å²) in [6, 6.07) is 15.8. The first-order valence-corrected chi connectivity index (χ1v) is 11.4.